The summed E-state index contributed by atoms with van der Waals surface area (Å²) < 4.78 is 4.47. The molecule has 0 radical (unpaired) electrons. The van der Waals surface area contributed by atoms with Crippen LogP contribution in [0.2, 0.25) is 0 Å². The van der Waals surface area contributed by atoms with Crippen molar-refractivity contribution in [3.8, 4) is 0 Å². The van der Waals surface area contributed by atoms with Gasteiger partial charge in [0.1, 0.15) is 5.92 Å². The minimum atomic E-state index is -1.31. The van der Waals surface area contributed by atoms with E-state index in [0.717, 1.165) is 7.11 Å². The number of nitrogens with zero attached hydrogens (tertiary/aromatic N) is 1. The molecule has 0 aliphatic heterocycles. The van der Waals surface area contributed by atoms with E-state index < -0.39 is 34.7 Å². The monoisotopic (exact) mass is 231 g/mol. The maximum absolute atomic E-state index is 11.3. The lowest BCUT2D eigenvalue weighted by molar-refractivity contribution is -0.534. The second-order valence-electron chi connectivity index (χ2n) is 3.78. The van der Waals surface area contributed by atoms with Gasteiger partial charge in [-0.25, -0.2) is 0 Å². The van der Waals surface area contributed by atoms with E-state index in [2.05, 4.69) is 4.74 Å². The van der Waals surface area contributed by atoms with E-state index in [-0.39, 0.29) is 6.42 Å². The summed E-state index contributed by atoms with van der Waals surface area (Å²) in [5, 5.41) is 19.7. The highest BCUT2D eigenvalue weighted by atomic mass is 16.6. The van der Waals surface area contributed by atoms with Crippen LogP contribution in [0.25, 0.3) is 0 Å². The number of methoxy groups -OCH3 is 1. The summed E-state index contributed by atoms with van der Waals surface area (Å²) >= 11 is 0. The van der Waals surface area contributed by atoms with Crippen LogP contribution in [0.1, 0.15) is 19.3 Å². The van der Waals surface area contributed by atoms with E-state index in [0.29, 0.717) is 12.8 Å². The molecule has 1 aliphatic rings. The van der Waals surface area contributed by atoms with Crippen molar-refractivity contribution in [3.63, 3.8) is 0 Å². The summed E-state index contributed by atoms with van der Waals surface area (Å²) in [7, 11) is 1.15. The molecule has 1 aliphatic carbocycles. The quantitative estimate of drug-likeness (QED) is 0.425. The fourth-order valence-corrected chi connectivity index (χ4v) is 2.16. The molecule has 0 aromatic heterocycles. The van der Waals surface area contributed by atoms with Crippen molar-refractivity contribution < 1.29 is 24.4 Å². The van der Waals surface area contributed by atoms with E-state index >= 15 is 0 Å². The second kappa shape index (κ2) is 4.91. The maximum atomic E-state index is 11.3. The van der Waals surface area contributed by atoms with Crippen molar-refractivity contribution in [3.05, 3.63) is 10.1 Å². The van der Waals surface area contributed by atoms with Gasteiger partial charge in [-0.15, -0.1) is 0 Å². The summed E-state index contributed by atoms with van der Waals surface area (Å²) in [4.78, 5) is 32.4. The number of hydrogen-bond acceptors (Lipinski definition) is 5. The number of carbonyl (C=O) groups excluding carboxylic acids is 1. The lowest BCUT2D eigenvalue weighted by atomic mass is 9.76. The molecule has 1 fully saturated rings. The molecule has 1 saturated carbocycles. The van der Waals surface area contributed by atoms with Crippen LogP contribution in [-0.4, -0.2) is 35.1 Å². The highest BCUT2D eigenvalue weighted by molar-refractivity contribution is 5.81. The molecule has 0 saturated heterocycles. The third-order valence-corrected chi connectivity index (χ3v) is 2.92. The number of ether oxygens (including phenoxy) is 1. The van der Waals surface area contributed by atoms with Crippen LogP contribution in [0.4, 0.5) is 0 Å². The molecule has 1 rings (SSSR count). The number of hydrogen-bond donors (Lipinski definition) is 1. The van der Waals surface area contributed by atoms with Gasteiger partial charge in [-0.2, -0.15) is 0 Å². The van der Waals surface area contributed by atoms with Gasteiger partial charge < -0.3 is 9.84 Å². The minimum absolute atomic E-state index is 0.192. The Labute approximate surface area is 91.5 Å². The zero-order valence-electron chi connectivity index (χ0n) is 8.79. The molecule has 0 spiro atoms. The summed E-state index contributed by atoms with van der Waals surface area (Å²) in [6.07, 6.45) is 0.987. The van der Waals surface area contributed by atoms with Gasteiger partial charge in [-0.3, -0.25) is 19.7 Å². The van der Waals surface area contributed by atoms with Crippen molar-refractivity contribution in [1.29, 1.82) is 0 Å². The molecule has 0 heterocycles. The van der Waals surface area contributed by atoms with Crippen molar-refractivity contribution >= 4 is 11.9 Å². The predicted octanol–water partition coefficient (Wildman–Crippen LogP) is 0.306. The third kappa shape index (κ3) is 2.29. The van der Waals surface area contributed by atoms with E-state index in [1.807, 2.05) is 0 Å². The lowest BCUT2D eigenvalue weighted by Crippen LogP contribution is -2.45. The van der Waals surface area contributed by atoms with Crippen LogP contribution < -0.4 is 0 Å². The number of carboxylic acid groups (broad SMARTS) is 1. The molecule has 0 bridgehead atoms. The first kappa shape index (κ1) is 12.4. The van der Waals surface area contributed by atoms with Gasteiger partial charge in [0.25, 0.3) is 0 Å². The van der Waals surface area contributed by atoms with E-state index in [4.69, 9.17) is 5.11 Å². The Morgan fingerprint density at radius 1 is 1.44 bits per heavy atom. The standard InChI is InChI=1S/C9H13NO6/c1-16-9(13)5-3-2-4-6(10(14)15)7(5)8(11)12/h5-7H,2-4H2,1H3,(H,11,12). The smallest absolute Gasteiger partial charge is 0.314 e. The predicted molar refractivity (Wildman–Crippen MR) is 51.3 cm³/mol. The molecule has 16 heavy (non-hydrogen) atoms. The van der Waals surface area contributed by atoms with Crippen molar-refractivity contribution in [2.24, 2.45) is 11.8 Å². The highest BCUT2D eigenvalue weighted by Crippen LogP contribution is 2.33. The Kier molecular flexibility index (Phi) is 3.81. The van der Waals surface area contributed by atoms with Crippen LogP contribution in [0.3, 0.4) is 0 Å². The Hall–Kier alpha value is -1.66. The Bertz CT molecular complexity index is 315. The van der Waals surface area contributed by atoms with E-state index in [1.54, 1.807) is 0 Å². The summed E-state index contributed by atoms with van der Waals surface area (Å²) in [5.41, 5.74) is 0. The molecule has 7 nitrogen and oxygen atoms in total. The second-order valence-corrected chi connectivity index (χ2v) is 3.78. The molecule has 1 N–H and O–H groups in total. The summed E-state index contributed by atoms with van der Waals surface area (Å²) in [6.45, 7) is 0. The van der Waals surface area contributed by atoms with E-state index in [1.165, 1.54) is 0 Å². The molecule has 0 aromatic rings. The summed E-state index contributed by atoms with van der Waals surface area (Å²) in [6, 6.07) is -1.20. The highest BCUT2D eigenvalue weighted by Gasteiger charge is 2.48. The fraction of sp³-hybridized carbons (Fsp3) is 0.778. The number of carbonyl (C=O) groups is 2. The first-order valence-corrected chi connectivity index (χ1v) is 4.93. The van der Waals surface area contributed by atoms with Gasteiger partial charge in [-0.05, 0) is 12.8 Å². The molecular formula is C9H13NO6. The average molecular weight is 231 g/mol. The summed E-state index contributed by atoms with van der Waals surface area (Å²) in [5.74, 6) is -4.18. The van der Waals surface area contributed by atoms with Crippen LogP contribution in [0, 0.1) is 22.0 Å². The number of rotatable bonds is 3. The van der Waals surface area contributed by atoms with Gasteiger partial charge in [0.2, 0.25) is 6.04 Å². The third-order valence-electron chi connectivity index (χ3n) is 2.92. The fourth-order valence-electron chi connectivity index (χ4n) is 2.16. The van der Waals surface area contributed by atoms with Crippen LogP contribution in [0.5, 0.6) is 0 Å². The van der Waals surface area contributed by atoms with Gasteiger partial charge in [-0.1, -0.05) is 0 Å². The van der Waals surface area contributed by atoms with Gasteiger partial charge in [0.05, 0.1) is 13.0 Å². The molecule has 90 valence electrons. The van der Waals surface area contributed by atoms with Crippen LogP contribution in [-0.2, 0) is 14.3 Å². The Morgan fingerprint density at radius 3 is 2.50 bits per heavy atom. The average Bonchev–Trinajstić information content (AvgIpc) is 2.26. The van der Waals surface area contributed by atoms with Gasteiger partial charge in [0, 0.05) is 11.3 Å². The molecule has 3 unspecified atom stereocenters. The van der Waals surface area contributed by atoms with Crippen molar-refractivity contribution in [1.82, 2.24) is 0 Å². The zero-order valence-corrected chi connectivity index (χ0v) is 8.79. The molecule has 7 heteroatoms. The van der Waals surface area contributed by atoms with Crippen molar-refractivity contribution in [2.45, 2.75) is 25.3 Å². The normalized spacial score (nSPS) is 29.4. The largest absolute Gasteiger partial charge is 0.481 e. The first-order valence-electron chi connectivity index (χ1n) is 4.93. The molecule has 3 atom stereocenters. The van der Waals surface area contributed by atoms with Crippen molar-refractivity contribution in [2.75, 3.05) is 7.11 Å². The minimum Gasteiger partial charge on any atom is -0.481 e. The topological polar surface area (TPSA) is 107 Å². The number of aliphatic carboxylic acids is 1. The Balaban J connectivity index is 2.95. The number of carboxylic acids is 1. The first-order chi connectivity index (χ1) is 7.49. The Morgan fingerprint density at radius 2 is 2.06 bits per heavy atom. The van der Waals surface area contributed by atoms with E-state index in [9.17, 15) is 19.7 Å². The molecule has 0 amide bonds. The molecular weight excluding hydrogens is 218 g/mol. The maximum Gasteiger partial charge on any atom is 0.314 e. The molecule has 0 aromatic carbocycles. The van der Waals surface area contributed by atoms with Gasteiger partial charge in [0.15, 0.2) is 0 Å². The van der Waals surface area contributed by atoms with Crippen LogP contribution >= 0.6 is 0 Å². The van der Waals surface area contributed by atoms with Gasteiger partial charge >= 0.3 is 11.9 Å². The number of esters is 1. The SMILES string of the molecule is COC(=O)C1CCCC([N+](=O)[O-])C1C(=O)O. The van der Waals surface area contributed by atoms with Crippen LogP contribution in [0.15, 0.2) is 0 Å². The zero-order chi connectivity index (χ0) is 12.3. The lowest BCUT2D eigenvalue weighted by Gasteiger charge is -2.28. The number of nitro groups is 1.